The molecule has 0 bridgehead atoms. The first kappa shape index (κ1) is 21.4. The number of ketones is 1. The van der Waals surface area contributed by atoms with Crippen LogP contribution >= 0.6 is 11.3 Å². The molecule has 1 fully saturated rings. The third-order valence-corrected chi connectivity index (χ3v) is 5.27. The van der Waals surface area contributed by atoms with Gasteiger partial charge >= 0.3 is 12.1 Å². The Balaban J connectivity index is 1.63. The maximum Gasteiger partial charge on any atom is 0.417 e. The van der Waals surface area contributed by atoms with Crippen molar-refractivity contribution in [2.75, 3.05) is 24.5 Å². The third kappa shape index (κ3) is 4.79. The molecule has 0 saturated carbocycles. The Morgan fingerprint density at radius 2 is 2.00 bits per heavy atom. The van der Waals surface area contributed by atoms with E-state index in [0.717, 1.165) is 17.4 Å². The topological polar surface area (TPSA) is 134 Å². The molecule has 0 unspecified atom stereocenters. The molecule has 3 rings (SSSR count). The minimum atomic E-state index is -4.60. The number of amidine groups is 1. The first-order chi connectivity index (χ1) is 14.2. The fourth-order valence-electron chi connectivity index (χ4n) is 2.72. The van der Waals surface area contributed by atoms with Crippen molar-refractivity contribution in [1.29, 1.82) is 0 Å². The Labute approximate surface area is 171 Å². The smallest absolute Gasteiger partial charge is 0.417 e. The summed E-state index contributed by atoms with van der Waals surface area (Å²) < 4.78 is 39.4. The predicted molar refractivity (Wildman–Crippen MR) is 102 cm³/mol. The highest BCUT2D eigenvalue weighted by atomic mass is 32.1. The van der Waals surface area contributed by atoms with Crippen LogP contribution in [-0.4, -0.2) is 47.3 Å². The van der Waals surface area contributed by atoms with Crippen LogP contribution in [0.15, 0.2) is 45.9 Å². The molecule has 9 nitrogen and oxygen atoms in total. The molecule has 13 heteroatoms. The molecule has 2 aromatic rings. The number of carboxylic acids is 1. The highest BCUT2D eigenvalue weighted by Gasteiger charge is 2.40. The van der Waals surface area contributed by atoms with Crippen LogP contribution in [0, 0.1) is 5.92 Å². The number of carbonyl (C=O) groups excluding carboxylic acids is 1. The molecule has 158 valence electrons. The molecule has 0 aliphatic carbocycles. The summed E-state index contributed by atoms with van der Waals surface area (Å²) in [4.78, 5) is 29.2. The van der Waals surface area contributed by atoms with E-state index in [4.69, 9.17) is 10.8 Å². The minimum Gasteiger partial charge on any atom is -0.480 e. The zero-order valence-electron chi connectivity index (χ0n) is 15.2. The number of nitrogens with two attached hydrogens (primary N) is 1. The fraction of sp³-hybridized carbons (Fsp3) is 0.294. The largest absolute Gasteiger partial charge is 0.480 e. The van der Waals surface area contributed by atoms with E-state index >= 15 is 0 Å². The lowest BCUT2D eigenvalue weighted by molar-refractivity contribution is -0.138. The van der Waals surface area contributed by atoms with E-state index in [2.05, 4.69) is 20.4 Å². The summed E-state index contributed by atoms with van der Waals surface area (Å²) >= 11 is 1.16. The maximum absolute atomic E-state index is 13.1. The van der Waals surface area contributed by atoms with E-state index in [1.165, 1.54) is 24.4 Å². The zero-order chi connectivity index (χ0) is 21.9. The van der Waals surface area contributed by atoms with Gasteiger partial charge in [-0.05, 0) is 11.3 Å². The molecule has 0 atom stereocenters. The Bertz CT molecular complexity index is 1010. The van der Waals surface area contributed by atoms with Crippen LogP contribution in [0.5, 0.6) is 0 Å². The number of hydrogen-bond acceptors (Lipinski definition) is 7. The number of rotatable bonds is 7. The molecule has 1 aliphatic heterocycles. The SMILES string of the molecule is N/C(=N\N=NCC(=O)O)c1cnc(N2CC(C(=O)c3ccccc3C(F)(F)F)C2)s1. The van der Waals surface area contributed by atoms with Gasteiger partial charge < -0.3 is 15.7 Å². The van der Waals surface area contributed by atoms with Crippen LogP contribution in [0.4, 0.5) is 18.3 Å². The van der Waals surface area contributed by atoms with E-state index in [1.54, 1.807) is 4.90 Å². The van der Waals surface area contributed by atoms with Crippen molar-refractivity contribution in [1.82, 2.24) is 4.98 Å². The molecule has 1 aromatic heterocycles. The molecule has 1 saturated heterocycles. The summed E-state index contributed by atoms with van der Waals surface area (Å²) in [6.07, 6.45) is -3.17. The van der Waals surface area contributed by atoms with Gasteiger partial charge in [0.05, 0.1) is 22.6 Å². The monoisotopic (exact) mass is 440 g/mol. The first-order valence-electron chi connectivity index (χ1n) is 8.50. The standard InChI is InChI=1S/C17H15F3N6O3S/c18-17(19,20)11-4-2-1-3-10(11)14(29)9-7-26(8-9)16-22-5-12(30-16)15(21)24-25-23-6-13(27)28/h1-5,9H,6-8H2,(H,27,28)(H2,21,23,24). The van der Waals surface area contributed by atoms with Crippen LogP contribution in [0.1, 0.15) is 20.8 Å². The van der Waals surface area contributed by atoms with Gasteiger partial charge in [0.1, 0.15) is 0 Å². The van der Waals surface area contributed by atoms with Crippen LogP contribution in [0.2, 0.25) is 0 Å². The first-order valence-corrected chi connectivity index (χ1v) is 9.31. The van der Waals surface area contributed by atoms with E-state index in [-0.39, 0.29) is 24.5 Å². The molecule has 0 spiro atoms. The number of thiazole rings is 1. The summed E-state index contributed by atoms with van der Waals surface area (Å²) in [6, 6.07) is 4.73. The fourth-order valence-corrected chi connectivity index (χ4v) is 3.55. The molecule has 1 aliphatic rings. The van der Waals surface area contributed by atoms with Crippen LogP contribution < -0.4 is 10.6 Å². The summed E-state index contributed by atoms with van der Waals surface area (Å²) in [5.41, 5.74) is 4.46. The Kier molecular flexibility index (Phi) is 6.10. The summed E-state index contributed by atoms with van der Waals surface area (Å²) in [5, 5.41) is 19.2. The van der Waals surface area contributed by atoms with Crippen LogP contribution in [-0.2, 0) is 11.0 Å². The number of aromatic nitrogens is 1. The van der Waals surface area contributed by atoms with Crippen molar-refractivity contribution in [2.45, 2.75) is 6.18 Å². The number of anilines is 1. The van der Waals surface area contributed by atoms with Crippen molar-refractivity contribution in [3.63, 3.8) is 0 Å². The van der Waals surface area contributed by atoms with Crippen molar-refractivity contribution in [3.8, 4) is 0 Å². The molecule has 30 heavy (non-hydrogen) atoms. The summed E-state index contributed by atoms with van der Waals surface area (Å²) in [7, 11) is 0. The molecule has 1 aromatic carbocycles. The number of carboxylic acid groups (broad SMARTS) is 1. The number of nitrogens with zero attached hydrogens (tertiary/aromatic N) is 5. The number of aliphatic carboxylic acids is 1. The van der Waals surface area contributed by atoms with E-state index < -0.39 is 36.0 Å². The Morgan fingerprint density at radius 3 is 2.67 bits per heavy atom. The second-order valence-electron chi connectivity index (χ2n) is 6.28. The number of Topliss-reactive ketones (excluding diaryl/α,β-unsaturated/α-hetero) is 1. The number of benzene rings is 1. The van der Waals surface area contributed by atoms with E-state index in [0.29, 0.717) is 10.0 Å². The second kappa shape index (κ2) is 8.57. The summed E-state index contributed by atoms with van der Waals surface area (Å²) in [6.45, 7) is -0.0773. The molecular weight excluding hydrogens is 425 g/mol. The molecule has 0 amide bonds. The normalized spacial score (nSPS) is 15.4. The molecule has 0 radical (unpaired) electrons. The van der Waals surface area contributed by atoms with Gasteiger partial charge in [0, 0.05) is 18.7 Å². The van der Waals surface area contributed by atoms with Crippen molar-refractivity contribution < 1.29 is 27.9 Å². The Hall–Kier alpha value is -3.35. The predicted octanol–water partition coefficient (Wildman–Crippen LogP) is 2.64. The van der Waals surface area contributed by atoms with Crippen molar-refractivity contribution in [2.24, 2.45) is 27.1 Å². The molecular formula is C17H15F3N6O3S. The number of alkyl halides is 3. The second-order valence-corrected chi connectivity index (χ2v) is 7.29. The van der Waals surface area contributed by atoms with Crippen molar-refractivity contribution >= 4 is 34.1 Å². The molecule has 3 N–H and O–H groups in total. The lowest BCUT2D eigenvalue weighted by atomic mass is 9.89. The number of hydrogen-bond donors (Lipinski definition) is 2. The highest BCUT2D eigenvalue weighted by molar-refractivity contribution is 7.17. The van der Waals surface area contributed by atoms with Gasteiger partial charge in [-0.15, -0.1) is 5.10 Å². The van der Waals surface area contributed by atoms with E-state index in [1.807, 2.05) is 0 Å². The average Bonchev–Trinajstić information content (AvgIpc) is 3.12. The lowest BCUT2D eigenvalue weighted by Crippen LogP contribution is -2.50. The van der Waals surface area contributed by atoms with Gasteiger partial charge in [0.15, 0.2) is 23.3 Å². The van der Waals surface area contributed by atoms with Gasteiger partial charge in [-0.3, -0.25) is 9.59 Å². The van der Waals surface area contributed by atoms with Gasteiger partial charge in [-0.25, -0.2) is 4.98 Å². The molecule has 2 heterocycles. The van der Waals surface area contributed by atoms with Gasteiger partial charge in [0.25, 0.3) is 0 Å². The minimum absolute atomic E-state index is 0.0138. The average molecular weight is 440 g/mol. The third-order valence-electron chi connectivity index (χ3n) is 4.19. The van der Waals surface area contributed by atoms with Gasteiger partial charge in [-0.1, -0.05) is 29.5 Å². The number of carbonyl (C=O) groups is 2. The van der Waals surface area contributed by atoms with E-state index in [9.17, 15) is 22.8 Å². The maximum atomic E-state index is 13.1. The highest BCUT2D eigenvalue weighted by Crippen LogP contribution is 2.35. The number of halogens is 3. The van der Waals surface area contributed by atoms with Crippen molar-refractivity contribution in [3.05, 3.63) is 46.5 Å². The van der Waals surface area contributed by atoms with Gasteiger partial charge in [-0.2, -0.15) is 18.3 Å². The van der Waals surface area contributed by atoms with Crippen LogP contribution in [0.25, 0.3) is 0 Å². The lowest BCUT2D eigenvalue weighted by Gasteiger charge is -2.38. The van der Waals surface area contributed by atoms with Crippen LogP contribution in [0.3, 0.4) is 0 Å². The quantitative estimate of drug-likeness (QED) is 0.224. The summed E-state index contributed by atoms with van der Waals surface area (Å²) in [5.74, 6) is -2.31. The van der Waals surface area contributed by atoms with Gasteiger partial charge in [0.2, 0.25) is 0 Å². The zero-order valence-corrected chi connectivity index (χ0v) is 16.0. The Morgan fingerprint density at radius 1 is 1.30 bits per heavy atom.